The van der Waals surface area contributed by atoms with Gasteiger partial charge >= 0.3 is 0 Å². The van der Waals surface area contributed by atoms with Crippen molar-refractivity contribution in [3.05, 3.63) is 23.8 Å². The lowest BCUT2D eigenvalue weighted by atomic mass is 10.2. The van der Waals surface area contributed by atoms with E-state index in [1.165, 1.54) is 16.4 Å². The van der Waals surface area contributed by atoms with E-state index in [4.69, 9.17) is 4.74 Å². The van der Waals surface area contributed by atoms with Crippen molar-refractivity contribution in [3.63, 3.8) is 0 Å². The molecule has 2 heterocycles. The minimum atomic E-state index is -3.71. The number of nitrogens with one attached hydrogen (secondary N) is 1. The number of hydrogen-bond acceptors (Lipinski definition) is 5. The molecule has 0 spiro atoms. The van der Waals surface area contributed by atoms with E-state index >= 15 is 0 Å². The molecule has 2 aliphatic rings. The number of carbonyl (C=O) groups is 1. The lowest BCUT2D eigenvalue weighted by Crippen LogP contribution is -2.50. The molecule has 2 N–H and O–H groups in total. The van der Waals surface area contributed by atoms with E-state index < -0.39 is 16.1 Å². The number of morpholine rings is 1. The second-order valence-corrected chi connectivity index (χ2v) is 6.96. The van der Waals surface area contributed by atoms with Gasteiger partial charge in [0.2, 0.25) is 15.9 Å². The largest absolute Gasteiger partial charge is 0.395 e. The van der Waals surface area contributed by atoms with Crippen molar-refractivity contribution < 1.29 is 23.1 Å². The molecule has 0 bridgehead atoms. The smallest absolute Gasteiger partial charge is 0.243 e. The van der Waals surface area contributed by atoms with Crippen molar-refractivity contribution in [1.82, 2.24) is 4.31 Å². The fourth-order valence-corrected chi connectivity index (χ4v) is 4.24. The summed E-state index contributed by atoms with van der Waals surface area (Å²) in [6, 6.07) is 4.02. The van der Waals surface area contributed by atoms with Crippen molar-refractivity contribution in [3.8, 4) is 0 Å². The number of aliphatic hydroxyl groups is 1. The molecule has 8 heteroatoms. The van der Waals surface area contributed by atoms with Gasteiger partial charge in [-0.2, -0.15) is 4.31 Å². The minimum absolute atomic E-state index is 0.137. The molecule has 0 radical (unpaired) electrons. The number of aliphatic hydroxyl groups excluding tert-OH is 1. The normalized spacial score (nSPS) is 22.9. The fourth-order valence-electron chi connectivity index (χ4n) is 2.60. The summed E-state index contributed by atoms with van der Waals surface area (Å²) in [7, 11) is -3.71. The Balaban J connectivity index is 1.95. The van der Waals surface area contributed by atoms with Crippen LogP contribution >= 0.6 is 0 Å². The summed E-state index contributed by atoms with van der Waals surface area (Å²) >= 11 is 0. The van der Waals surface area contributed by atoms with Crippen LogP contribution in [0.15, 0.2) is 23.1 Å². The summed E-state index contributed by atoms with van der Waals surface area (Å²) < 4.78 is 31.9. The third kappa shape index (κ3) is 2.55. The average Bonchev–Trinajstić information content (AvgIpc) is 2.86. The second-order valence-electron chi connectivity index (χ2n) is 5.07. The minimum Gasteiger partial charge on any atom is -0.395 e. The summed E-state index contributed by atoms with van der Waals surface area (Å²) in [5.41, 5.74) is 1.33. The van der Waals surface area contributed by atoms with Crippen LogP contribution in [-0.2, 0) is 26.0 Å². The SMILES string of the molecule is O=C1Cc2cc(S(=O)(=O)N3CCOCC3CO)ccc2N1. The molecule has 0 aromatic heterocycles. The van der Waals surface area contributed by atoms with Crippen molar-refractivity contribution in [2.24, 2.45) is 0 Å². The standard InChI is InChI=1S/C13H16N2O5S/c16-7-10-8-20-4-3-15(10)21(18,19)11-1-2-12-9(5-11)6-13(17)14-12/h1-2,5,10,16H,3-4,6-8H2,(H,14,17). The zero-order valence-corrected chi connectivity index (χ0v) is 12.1. The number of nitrogens with zero attached hydrogens (tertiary/aromatic N) is 1. The van der Waals surface area contributed by atoms with Crippen LogP contribution in [0.5, 0.6) is 0 Å². The summed E-state index contributed by atoms with van der Waals surface area (Å²) in [4.78, 5) is 11.5. The highest BCUT2D eigenvalue weighted by Gasteiger charge is 2.34. The number of carbonyl (C=O) groups excluding carboxylic acids is 1. The van der Waals surface area contributed by atoms with Crippen molar-refractivity contribution in [1.29, 1.82) is 0 Å². The molecule has 1 atom stereocenters. The van der Waals surface area contributed by atoms with Gasteiger partial charge in [0.15, 0.2) is 0 Å². The average molecular weight is 312 g/mol. The molecule has 21 heavy (non-hydrogen) atoms. The molecule has 1 saturated heterocycles. The van der Waals surface area contributed by atoms with E-state index in [9.17, 15) is 18.3 Å². The van der Waals surface area contributed by atoms with Crippen LogP contribution in [-0.4, -0.2) is 56.1 Å². The maximum Gasteiger partial charge on any atom is 0.243 e. The lowest BCUT2D eigenvalue weighted by Gasteiger charge is -2.33. The Morgan fingerprint density at radius 1 is 1.43 bits per heavy atom. The molecule has 7 nitrogen and oxygen atoms in total. The molecule has 0 aliphatic carbocycles. The van der Waals surface area contributed by atoms with Gasteiger partial charge in [-0.25, -0.2) is 8.42 Å². The quantitative estimate of drug-likeness (QED) is 0.789. The van der Waals surface area contributed by atoms with Crippen LogP contribution in [0.1, 0.15) is 5.56 Å². The van der Waals surface area contributed by atoms with E-state index in [0.29, 0.717) is 17.9 Å². The number of benzene rings is 1. The first-order chi connectivity index (χ1) is 10.0. The van der Waals surface area contributed by atoms with E-state index in [1.54, 1.807) is 6.07 Å². The molecule has 1 unspecified atom stereocenters. The van der Waals surface area contributed by atoms with Gasteiger partial charge in [0, 0.05) is 12.2 Å². The molecule has 1 amide bonds. The molecule has 1 aromatic rings. The predicted octanol–water partition coefficient (Wildman–Crippen LogP) is -0.437. The van der Waals surface area contributed by atoms with Gasteiger partial charge in [-0.3, -0.25) is 4.79 Å². The second kappa shape index (κ2) is 5.38. The summed E-state index contributed by atoms with van der Waals surface area (Å²) in [6.07, 6.45) is 0.186. The molecular weight excluding hydrogens is 296 g/mol. The van der Waals surface area contributed by atoms with Crippen LogP contribution in [0.4, 0.5) is 5.69 Å². The van der Waals surface area contributed by atoms with Gasteiger partial charge in [-0.15, -0.1) is 0 Å². The van der Waals surface area contributed by atoms with Gasteiger partial charge in [-0.1, -0.05) is 0 Å². The Hall–Kier alpha value is -1.48. The summed E-state index contributed by atoms with van der Waals surface area (Å²) in [6.45, 7) is 0.410. The Kier molecular flexibility index (Phi) is 3.70. The highest BCUT2D eigenvalue weighted by molar-refractivity contribution is 7.89. The van der Waals surface area contributed by atoms with Crippen molar-refractivity contribution in [2.75, 3.05) is 31.7 Å². The maximum atomic E-state index is 12.7. The number of ether oxygens (including phenoxy) is 1. The molecule has 1 fully saturated rings. The Morgan fingerprint density at radius 2 is 2.24 bits per heavy atom. The van der Waals surface area contributed by atoms with Crippen molar-refractivity contribution in [2.45, 2.75) is 17.4 Å². The highest BCUT2D eigenvalue weighted by Crippen LogP contribution is 2.28. The van der Waals surface area contributed by atoms with E-state index in [-0.39, 0.29) is 37.0 Å². The first-order valence-electron chi connectivity index (χ1n) is 6.65. The highest BCUT2D eigenvalue weighted by atomic mass is 32.2. The number of anilines is 1. The Bertz CT molecular complexity index is 673. The van der Waals surface area contributed by atoms with Gasteiger partial charge < -0.3 is 15.2 Å². The van der Waals surface area contributed by atoms with Gasteiger partial charge in [0.05, 0.1) is 37.2 Å². The molecular formula is C13H16N2O5S. The van der Waals surface area contributed by atoms with Crippen molar-refractivity contribution >= 4 is 21.6 Å². The molecule has 0 saturated carbocycles. The van der Waals surface area contributed by atoms with Crippen LogP contribution < -0.4 is 5.32 Å². The van der Waals surface area contributed by atoms with Crippen LogP contribution in [0, 0.1) is 0 Å². The predicted molar refractivity (Wildman–Crippen MR) is 74.4 cm³/mol. The third-order valence-corrected chi connectivity index (χ3v) is 5.64. The lowest BCUT2D eigenvalue weighted by molar-refractivity contribution is -0.115. The first kappa shape index (κ1) is 14.5. The number of amides is 1. The molecule has 114 valence electrons. The number of sulfonamides is 1. The monoisotopic (exact) mass is 312 g/mol. The van der Waals surface area contributed by atoms with E-state index in [0.717, 1.165) is 0 Å². The Labute approximate surface area is 122 Å². The maximum absolute atomic E-state index is 12.7. The third-order valence-electron chi connectivity index (χ3n) is 3.69. The van der Waals surface area contributed by atoms with Crippen LogP contribution in [0.3, 0.4) is 0 Å². The number of rotatable bonds is 3. The molecule has 1 aromatic carbocycles. The van der Waals surface area contributed by atoms with E-state index in [1.807, 2.05) is 0 Å². The van der Waals surface area contributed by atoms with Gasteiger partial charge in [0.25, 0.3) is 0 Å². The zero-order chi connectivity index (χ0) is 15.0. The molecule has 3 rings (SSSR count). The zero-order valence-electron chi connectivity index (χ0n) is 11.3. The van der Waals surface area contributed by atoms with Gasteiger partial charge in [0.1, 0.15) is 0 Å². The summed E-state index contributed by atoms with van der Waals surface area (Å²) in [5, 5.41) is 12.0. The summed E-state index contributed by atoms with van der Waals surface area (Å²) in [5.74, 6) is -0.140. The van der Waals surface area contributed by atoms with E-state index in [2.05, 4.69) is 5.32 Å². The van der Waals surface area contributed by atoms with Gasteiger partial charge in [-0.05, 0) is 23.8 Å². The number of fused-ring (bicyclic) bond motifs is 1. The Morgan fingerprint density at radius 3 is 3.00 bits per heavy atom. The fraction of sp³-hybridized carbons (Fsp3) is 0.462. The topological polar surface area (TPSA) is 95.9 Å². The first-order valence-corrected chi connectivity index (χ1v) is 8.09. The van der Waals surface area contributed by atoms with Crippen LogP contribution in [0.25, 0.3) is 0 Å². The number of hydrogen-bond donors (Lipinski definition) is 2. The molecule has 2 aliphatic heterocycles. The van der Waals surface area contributed by atoms with Crippen LogP contribution in [0.2, 0.25) is 0 Å².